The number of halogens is 1. The van der Waals surface area contributed by atoms with Crippen molar-refractivity contribution in [2.45, 2.75) is 33.6 Å². The Bertz CT molecular complexity index is 1490. The van der Waals surface area contributed by atoms with Crippen molar-refractivity contribution < 1.29 is 14.4 Å². The Labute approximate surface area is 221 Å². The van der Waals surface area contributed by atoms with Gasteiger partial charge in [-0.3, -0.25) is 14.4 Å². The number of ketones is 1. The molecule has 1 saturated heterocycles. The zero-order chi connectivity index (χ0) is 26.1. The van der Waals surface area contributed by atoms with Crippen LogP contribution in [0.2, 0.25) is 5.02 Å². The summed E-state index contributed by atoms with van der Waals surface area (Å²) in [7, 11) is 0. The largest absolute Gasteiger partial charge is 0.298 e. The summed E-state index contributed by atoms with van der Waals surface area (Å²) in [6.45, 7) is 5.81. The summed E-state index contributed by atoms with van der Waals surface area (Å²) >= 11 is 6.40. The molecule has 4 nitrogen and oxygen atoms in total. The molecule has 3 aromatic rings. The van der Waals surface area contributed by atoms with Gasteiger partial charge in [-0.15, -0.1) is 0 Å². The first-order valence-corrected chi connectivity index (χ1v) is 13.2. The van der Waals surface area contributed by atoms with Crippen LogP contribution in [0.3, 0.4) is 0 Å². The molecule has 1 aliphatic heterocycles. The molecule has 6 rings (SSSR count). The van der Waals surface area contributed by atoms with Crippen LogP contribution in [0.4, 0.5) is 5.69 Å². The molecule has 2 fully saturated rings. The SMILES string of the molecule is CCC[C@@]12C(=O)[C@@](C)(C(c3ccccc3)=C1c1ccccc1)[C@H]1C(=O)N(c3ccc(C)c(Cl)c3)C(=O)[C@@H]12. The molecule has 186 valence electrons. The van der Waals surface area contributed by atoms with Crippen molar-refractivity contribution in [2.24, 2.45) is 22.7 Å². The van der Waals surface area contributed by atoms with Gasteiger partial charge >= 0.3 is 0 Å². The third-order valence-electron chi connectivity index (χ3n) is 8.73. The van der Waals surface area contributed by atoms with Crippen molar-refractivity contribution >= 4 is 46.0 Å². The second kappa shape index (κ2) is 8.26. The Hall–Kier alpha value is -3.50. The number of allylic oxidation sites excluding steroid dienone is 2. The molecular formula is C32H28ClNO3. The van der Waals surface area contributed by atoms with Gasteiger partial charge in [0.15, 0.2) is 5.78 Å². The number of fused-ring (bicyclic) bond motifs is 5. The highest BCUT2D eigenvalue weighted by molar-refractivity contribution is 6.35. The second-order valence-corrected chi connectivity index (χ2v) is 11.0. The van der Waals surface area contributed by atoms with Crippen LogP contribution in [0, 0.1) is 29.6 Å². The van der Waals surface area contributed by atoms with Gasteiger partial charge in [0.05, 0.1) is 28.4 Å². The molecule has 2 aliphatic carbocycles. The van der Waals surface area contributed by atoms with E-state index in [4.69, 9.17) is 11.6 Å². The third kappa shape index (κ3) is 2.93. The van der Waals surface area contributed by atoms with Gasteiger partial charge in [-0.25, -0.2) is 4.90 Å². The van der Waals surface area contributed by atoms with Crippen molar-refractivity contribution in [3.8, 4) is 0 Å². The molecule has 2 amide bonds. The molecular weight excluding hydrogens is 482 g/mol. The van der Waals surface area contributed by atoms with E-state index in [1.165, 1.54) is 4.90 Å². The van der Waals surface area contributed by atoms with E-state index in [0.29, 0.717) is 23.6 Å². The lowest BCUT2D eigenvalue weighted by Gasteiger charge is -2.37. The van der Waals surface area contributed by atoms with Gasteiger partial charge in [-0.1, -0.05) is 91.7 Å². The van der Waals surface area contributed by atoms with Gasteiger partial charge in [-0.2, -0.15) is 0 Å². The van der Waals surface area contributed by atoms with Crippen molar-refractivity contribution in [3.05, 3.63) is 101 Å². The first kappa shape index (κ1) is 23.9. The smallest absolute Gasteiger partial charge is 0.239 e. The van der Waals surface area contributed by atoms with Crippen molar-refractivity contribution in [1.82, 2.24) is 0 Å². The second-order valence-electron chi connectivity index (χ2n) is 10.6. The lowest BCUT2D eigenvalue weighted by Crippen LogP contribution is -2.41. The standard InChI is InChI=1S/C32H28ClNO3/c1-4-17-32-25(21-13-9-6-10-14-21)24(20-11-7-5-8-12-20)31(3,30(32)37)26-27(32)29(36)34(28(26)35)22-16-15-19(2)23(33)18-22/h5-16,18,26-27H,4,17H2,1-3H3/t26-,27-,31+,32-/m1/s1. The summed E-state index contributed by atoms with van der Waals surface area (Å²) in [5.41, 5.74) is 2.77. The molecule has 0 aromatic heterocycles. The molecule has 0 spiro atoms. The molecule has 3 aliphatic rings. The molecule has 4 atom stereocenters. The van der Waals surface area contributed by atoms with Crippen molar-refractivity contribution in [1.29, 1.82) is 0 Å². The van der Waals surface area contributed by atoms with E-state index in [0.717, 1.165) is 27.8 Å². The minimum absolute atomic E-state index is 0.00200. The quantitative estimate of drug-likeness (QED) is 0.357. The number of imide groups is 1. The lowest BCUT2D eigenvalue weighted by molar-refractivity contribution is -0.134. The predicted molar refractivity (Wildman–Crippen MR) is 146 cm³/mol. The Morgan fingerprint density at radius 1 is 0.811 bits per heavy atom. The average Bonchev–Trinajstić information content (AvgIpc) is 3.37. The highest BCUT2D eigenvalue weighted by atomic mass is 35.5. The fourth-order valence-electron chi connectivity index (χ4n) is 7.33. The third-order valence-corrected chi connectivity index (χ3v) is 9.14. The molecule has 2 bridgehead atoms. The summed E-state index contributed by atoms with van der Waals surface area (Å²) in [6.07, 6.45) is 1.21. The highest BCUT2D eigenvalue weighted by Crippen LogP contribution is 2.75. The van der Waals surface area contributed by atoms with Crippen LogP contribution < -0.4 is 4.90 Å². The van der Waals surface area contributed by atoms with E-state index in [2.05, 4.69) is 0 Å². The minimum atomic E-state index is -1.12. The number of amides is 2. The van der Waals surface area contributed by atoms with Crippen molar-refractivity contribution in [3.63, 3.8) is 0 Å². The zero-order valence-corrected chi connectivity index (χ0v) is 21.9. The van der Waals surface area contributed by atoms with E-state index < -0.39 is 22.7 Å². The van der Waals surface area contributed by atoms with Crippen LogP contribution in [0.5, 0.6) is 0 Å². The Morgan fingerprint density at radius 2 is 1.38 bits per heavy atom. The van der Waals surface area contributed by atoms with E-state index >= 15 is 0 Å². The van der Waals surface area contributed by atoms with E-state index in [1.807, 2.05) is 87.5 Å². The summed E-state index contributed by atoms with van der Waals surface area (Å²) < 4.78 is 0. The topological polar surface area (TPSA) is 54.5 Å². The number of hydrogen-bond acceptors (Lipinski definition) is 3. The van der Waals surface area contributed by atoms with Crippen molar-refractivity contribution in [2.75, 3.05) is 4.90 Å². The van der Waals surface area contributed by atoms with Gasteiger partial charge in [-0.05, 0) is 60.2 Å². The number of benzene rings is 3. The Morgan fingerprint density at radius 3 is 1.95 bits per heavy atom. The maximum absolute atomic E-state index is 14.6. The zero-order valence-electron chi connectivity index (χ0n) is 21.1. The summed E-state index contributed by atoms with van der Waals surface area (Å²) in [5.74, 6) is -2.13. The van der Waals surface area contributed by atoms with Crippen LogP contribution >= 0.6 is 11.6 Å². The number of nitrogens with zero attached hydrogens (tertiary/aromatic N) is 1. The summed E-state index contributed by atoms with van der Waals surface area (Å²) in [6, 6.07) is 25.0. The normalized spacial score (nSPS) is 28.4. The number of anilines is 1. The first-order chi connectivity index (χ1) is 17.8. The van der Waals surface area contributed by atoms with Crippen LogP contribution in [0.15, 0.2) is 78.9 Å². The van der Waals surface area contributed by atoms with Gasteiger partial charge in [0.1, 0.15) is 0 Å². The monoisotopic (exact) mass is 509 g/mol. The Kier molecular flexibility index (Phi) is 5.33. The highest BCUT2D eigenvalue weighted by Gasteiger charge is 2.80. The van der Waals surface area contributed by atoms with Crippen LogP contribution in [-0.4, -0.2) is 17.6 Å². The van der Waals surface area contributed by atoms with Crippen LogP contribution in [0.1, 0.15) is 43.4 Å². The van der Waals surface area contributed by atoms with Crippen LogP contribution in [-0.2, 0) is 14.4 Å². The molecule has 37 heavy (non-hydrogen) atoms. The maximum atomic E-state index is 14.6. The summed E-state index contributed by atoms with van der Waals surface area (Å²) in [5, 5.41) is 0.497. The molecule has 0 unspecified atom stereocenters. The number of carbonyl (C=O) groups is 3. The number of rotatable bonds is 5. The van der Waals surface area contributed by atoms with E-state index in [9.17, 15) is 14.4 Å². The molecule has 1 saturated carbocycles. The predicted octanol–water partition coefficient (Wildman–Crippen LogP) is 6.75. The van der Waals surface area contributed by atoms with E-state index in [1.54, 1.807) is 12.1 Å². The lowest BCUT2D eigenvalue weighted by atomic mass is 9.61. The number of carbonyl (C=O) groups excluding carboxylic acids is 3. The summed E-state index contributed by atoms with van der Waals surface area (Å²) in [4.78, 5) is 44.4. The number of hydrogen-bond donors (Lipinski definition) is 0. The fourth-order valence-corrected chi connectivity index (χ4v) is 7.51. The van der Waals surface area contributed by atoms with E-state index in [-0.39, 0.29) is 17.6 Å². The number of Topliss-reactive ketones (excluding diaryl/α,β-unsaturated/α-hetero) is 1. The van der Waals surface area contributed by atoms with Gasteiger partial charge < -0.3 is 0 Å². The minimum Gasteiger partial charge on any atom is -0.298 e. The fraction of sp³-hybridized carbons (Fsp3) is 0.281. The molecule has 5 heteroatoms. The maximum Gasteiger partial charge on any atom is 0.239 e. The first-order valence-electron chi connectivity index (χ1n) is 12.8. The molecule has 0 N–H and O–H groups in total. The molecule has 1 heterocycles. The van der Waals surface area contributed by atoms with Gasteiger partial charge in [0.2, 0.25) is 11.8 Å². The Balaban J connectivity index is 1.65. The molecule has 0 radical (unpaired) electrons. The van der Waals surface area contributed by atoms with Gasteiger partial charge in [0.25, 0.3) is 0 Å². The van der Waals surface area contributed by atoms with Gasteiger partial charge in [0, 0.05) is 5.02 Å². The average molecular weight is 510 g/mol. The number of aryl methyl sites for hydroxylation is 1. The van der Waals surface area contributed by atoms with Crippen LogP contribution in [0.25, 0.3) is 11.1 Å². The molecule has 3 aromatic carbocycles.